The summed E-state index contributed by atoms with van der Waals surface area (Å²) in [6, 6.07) is 1.66. The second kappa shape index (κ2) is 5.20. The molecule has 0 aliphatic rings. The van der Waals surface area contributed by atoms with E-state index in [0.717, 1.165) is 0 Å². The van der Waals surface area contributed by atoms with Crippen LogP contribution in [0.1, 0.15) is 25.6 Å². The second-order valence-electron chi connectivity index (χ2n) is 3.41. The largest absolute Gasteiger partial charge is 0.480 e. The van der Waals surface area contributed by atoms with Crippen LogP contribution in [0.2, 0.25) is 0 Å². The lowest BCUT2D eigenvalue weighted by Crippen LogP contribution is -2.44. The molecular formula is C10H14N2O4. The van der Waals surface area contributed by atoms with Gasteiger partial charge in [-0.25, -0.2) is 4.79 Å². The zero-order chi connectivity index (χ0) is 12.1. The first-order chi connectivity index (χ1) is 7.50. The highest BCUT2D eigenvalue weighted by Crippen LogP contribution is 2.11. The standard InChI is InChI=1S/C10H14N2O4/c1-6(8-4-3-5-16-8)11-10(15)12-7(2)9(13)14/h3-7H,1-2H3,(H,13,14)(H2,11,12,15). The van der Waals surface area contributed by atoms with Crippen molar-refractivity contribution in [2.75, 3.05) is 0 Å². The van der Waals surface area contributed by atoms with Crippen molar-refractivity contribution in [1.29, 1.82) is 0 Å². The predicted octanol–water partition coefficient (Wildman–Crippen LogP) is 1.11. The number of carbonyl (C=O) groups excluding carboxylic acids is 1. The third kappa shape index (κ3) is 3.30. The number of nitrogens with one attached hydrogen (secondary N) is 2. The van der Waals surface area contributed by atoms with Gasteiger partial charge in [0.1, 0.15) is 11.8 Å². The highest BCUT2D eigenvalue weighted by Gasteiger charge is 2.16. The lowest BCUT2D eigenvalue weighted by Gasteiger charge is -2.14. The fourth-order valence-corrected chi connectivity index (χ4v) is 1.11. The number of aliphatic carboxylic acids is 1. The van der Waals surface area contributed by atoms with Gasteiger partial charge >= 0.3 is 12.0 Å². The van der Waals surface area contributed by atoms with Gasteiger partial charge in [0, 0.05) is 0 Å². The summed E-state index contributed by atoms with van der Waals surface area (Å²) >= 11 is 0. The van der Waals surface area contributed by atoms with E-state index in [4.69, 9.17) is 9.52 Å². The summed E-state index contributed by atoms with van der Waals surface area (Å²) in [6.45, 7) is 3.13. The molecule has 0 saturated carbocycles. The van der Waals surface area contributed by atoms with Crippen LogP contribution in [-0.2, 0) is 4.79 Å². The molecule has 1 rings (SSSR count). The highest BCUT2D eigenvalue weighted by atomic mass is 16.4. The maximum absolute atomic E-state index is 11.3. The van der Waals surface area contributed by atoms with Gasteiger partial charge in [-0.1, -0.05) is 0 Å². The number of hydrogen-bond acceptors (Lipinski definition) is 3. The Labute approximate surface area is 92.6 Å². The summed E-state index contributed by atoms with van der Waals surface area (Å²) in [5.41, 5.74) is 0. The molecule has 0 fully saturated rings. The zero-order valence-corrected chi connectivity index (χ0v) is 9.06. The van der Waals surface area contributed by atoms with E-state index < -0.39 is 18.0 Å². The summed E-state index contributed by atoms with van der Waals surface area (Å²) in [5, 5.41) is 13.4. The SMILES string of the molecule is CC(NC(=O)NC(C)c1ccco1)C(=O)O. The number of hydrogen-bond donors (Lipinski definition) is 3. The summed E-state index contributed by atoms with van der Waals surface area (Å²) < 4.78 is 5.09. The smallest absolute Gasteiger partial charge is 0.325 e. The first-order valence-corrected chi connectivity index (χ1v) is 4.84. The number of rotatable bonds is 4. The summed E-state index contributed by atoms with van der Waals surface area (Å²) in [5.74, 6) is -0.473. The zero-order valence-electron chi connectivity index (χ0n) is 9.06. The topological polar surface area (TPSA) is 91.6 Å². The van der Waals surface area contributed by atoms with E-state index in [9.17, 15) is 9.59 Å². The van der Waals surface area contributed by atoms with Gasteiger partial charge in [-0.2, -0.15) is 0 Å². The molecule has 2 unspecified atom stereocenters. The molecular weight excluding hydrogens is 212 g/mol. The van der Waals surface area contributed by atoms with Crippen LogP contribution in [0.5, 0.6) is 0 Å². The van der Waals surface area contributed by atoms with Gasteiger partial charge in [0.25, 0.3) is 0 Å². The van der Waals surface area contributed by atoms with Crippen molar-refractivity contribution in [2.45, 2.75) is 25.9 Å². The molecule has 1 aromatic rings. The summed E-state index contributed by atoms with van der Waals surface area (Å²) in [6.07, 6.45) is 1.51. The van der Waals surface area contributed by atoms with E-state index in [0.29, 0.717) is 5.76 Å². The highest BCUT2D eigenvalue weighted by molar-refractivity contribution is 5.82. The van der Waals surface area contributed by atoms with E-state index in [2.05, 4.69) is 10.6 Å². The van der Waals surface area contributed by atoms with Crippen LogP contribution in [0.15, 0.2) is 22.8 Å². The van der Waals surface area contributed by atoms with E-state index >= 15 is 0 Å². The number of amides is 2. The Balaban J connectivity index is 2.43. The molecule has 16 heavy (non-hydrogen) atoms. The van der Waals surface area contributed by atoms with Crippen LogP contribution in [0.25, 0.3) is 0 Å². The van der Waals surface area contributed by atoms with Crippen LogP contribution in [0.4, 0.5) is 4.79 Å². The van der Waals surface area contributed by atoms with Crippen LogP contribution in [-0.4, -0.2) is 23.1 Å². The monoisotopic (exact) mass is 226 g/mol. The average molecular weight is 226 g/mol. The van der Waals surface area contributed by atoms with Gasteiger partial charge in [-0.3, -0.25) is 4.79 Å². The number of furan rings is 1. The molecule has 0 aliphatic heterocycles. The minimum atomic E-state index is -1.08. The molecule has 3 N–H and O–H groups in total. The van der Waals surface area contributed by atoms with E-state index in [1.165, 1.54) is 13.2 Å². The average Bonchev–Trinajstić information content (AvgIpc) is 2.69. The molecule has 0 aliphatic carbocycles. The molecule has 88 valence electrons. The summed E-state index contributed by atoms with van der Waals surface area (Å²) in [4.78, 5) is 21.8. The van der Waals surface area contributed by atoms with Crippen LogP contribution in [0, 0.1) is 0 Å². The van der Waals surface area contributed by atoms with Crippen molar-refractivity contribution in [3.63, 3.8) is 0 Å². The Morgan fingerprint density at radius 3 is 2.56 bits per heavy atom. The molecule has 0 radical (unpaired) electrons. The fraction of sp³-hybridized carbons (Fsp3) is 0.400. The number of urea groups is 1. The predicted molar refractivity (Wildman–Crippen MR) is 55.9 cm³/mol. The molecule has 6 nitrogen and oxygen atoms in total. The first kappa shape index (κ1) is 12.1. The number of carboxylic acid groups (broad SMARTS) is 1. The van der Waals surface area contributed by atoms with E-state index in [-0.39, 0.29) is 6.04 Å². The Bertz CT molecular complexity index is 361. The fourth-order valence-electron chi connectivity index (χ4n) is 1.11. The van der Waals surface area contributed by atoms with Crippen molar-refractivity contribution in [2.24, 2.45) is 0 Å². The quantitative estimate of drug-likeness (QED) is 0.717. The molecule has 0 bridgehead atoms. The molecule has 2 atom stereocenters. The van der Waals surface area contributed by atoms with Gasteiger partial charge in [-0.15, -0.1) is 0 Å². The Kier molecular flexibility index (Phi) is 3.93. The number of carbonyl (C=O) groups is 2. The van der Waals surface area contributed by atoms with Crippen molar-refractivity contribution in [3.05, 3.63) is 24.2 Å². The Morgan fingerprint density at radius 1 is 1.38 bits per heavy atom. The third-order valence-electron chi connectivity index (χ3n) is 2.04. The van der Waals surface area contributed by atoms with Crippen molar-refractivity contribution in [3.8, 4) is 0 Å². The van der Waals surface area contributed by atoms with Crippen LogP contribution in [0.3, 0.4) is 0 Å². The molecule has 0 spiro atoms. The second-order valence-corrected chi connectivity index (χ2v) is 3.41. The lowest BCUT2D eigenvalue weighted by atomic mass is 10.2. The van der Waals surface area contributed by atoms with Crippen LogP contribution >= 0.6 is 0 Å². The van der Waals surface area contributed by atoms with Crippen molar-refractivity contribution >= 4 is 12.0 Å². The summed E-state index contributed by atoms with van der Waals surface area (Å²) in [7, 11) is 0. The van der Waals surface area contributed by atoms with Gasteiger partial charge in [-0.05, 0) is 26.0 Å². The van der Waals surface area contributed by atoms with Gasteiger partial charge < -0.3 is 20.2 Å². The molecule has 1 aromatic heterocycles. The molecule has 1 heterocycles. The number of carboxylic acids is 1. The molecule has 2 amide bonds. The maximum Gasteiger partial charge on any atom is 0.325 e. The lowest BCUT2D eigenvalue weighted by molar-refractivity contribution is -0.138. The van der Waals surface area contributed by atoms with E-state index in [1.54, 1.807) is 19.1 Å². The maximum atomic E-state index is 11.3. The van der Waals surface area contributed by atoms with Gasteiger partial charge in [0.2, 0.25) is 0 Å². The van der Waals surface area contributed by atoms with Crippen molar-refractivity contribution in [1.82, 2.24) is 10.6 Å². The molecule has 6 heteroatoms. The van der Waals surface area contributed by atoms with Crippen molar-refractivity contribution < 1.29 is 19.1 Å². The van der Waals surface area contributed by atoms with Gasteiger partial charge in [0.05, 0.1) is 12.3 Å². The first-order valence-electron chi connectivity index (χ1n) is 4.84. The van der Waals surface area contributed by atoms with Crippen LogP contribution < -0.4 is 10.6 Å². The van der Waals surface area contributed by atoms with E-state index in [1.807, 2.05) is 0 Å². The normalized spacial score (nSPS) is 13.9. The molecule has 0 aromatic carbocycles. The Hall–Kier alpha value is -1.98. The van der Waals surface area contributed by atoms with Gasteiger partial charge in [0.15, 0.2) is 0 Å². The minimum absolute atomic E-state index is 0.309. The Morgan fingerprint density at radius 2 is 2.06 bits per heavy atom. The third-order valence-corrected chi connectivity index (χ3v) is 2.04. The molecule has 0 saturated heterocycles. The minimum Gasteiger partial charge on any atom is -0.480 e.